The third kappa shape index (κ3) is 2.32. The van der Waals surface area contributed by atoms with Crippen LogP contribution in [0.5, 0.6) is 5.75 Å². The zero-order valence-corrected chi connectivity index (χ0v) is 13.6. The third-order valence-corrected chi connectivity index (χ3v) is 5.96. The van der Waals surface area contributed by atoms with Gasteiger partial charge in [0.1, 0.15) is 11.4 Å². The lowest BCUT2D eigenvalue weighted by molar-refractivity contribution is 0.162. The van der Waals surface area contributed by atoms with Gasteiger partial charge in [-0.05, 0) is 61.5 Å². The summed E-state index contributed by atoms with van der Waals surface area (Å²) in [7, 11) is 0. The molecule has 2 aliphatic heterocycles. The van der Waals surface area contributed by atoms with E-state index in [0.29, 0.717) is 17.6 Å². The van der Waals surface area contributed by atoms with E-state index in [2.05, 4.69) is 9.98 Å². The maximum absolute atomic E-state index is 10.2. The van der Waals surface area contributed by atoms with Crippen molar-refractivity contribution in [2.75, 3.05) is 0 Å². The fourth-order valence-electron chi connectivity index (χ4n) is 5.02. The van der Waals surface area contributed by atoms with Crippen molar-refractivity contribution in [3.63, 3.8) is 0 Å². The first-order valence-corrected chi connectivity index (χ1v) is 8.93. The van der Waals surface area contributed by atoms with Crippen LogP contribution in [0.15, 0.2) is 40.6 Å². The zero-order chi connectivity index (χ0) is 16.1. The molecule has 2 aromatic rings. The van der Waals surface area contributed by atoms with Crippen LogP contribution in [-0.2, 0) is 0 Å². The molecule has 0 spiro atoms. The highest BCUT2D eigenvalue weighted by Gasteiger charge is 2.40. The summed E-state index contributed by atoms with van der Waals surface area (Å²) >= 11 is 0. The summed E-state index contributed by atoms with van der Waals surface area (Å²) in [4.78, 5) is 13.8. The second-order valence-electron chi connectivity index (χ2n) is 7.60. The predicted molar refractivity (Wildman–Crippen MR) is 96.3 cm³/mol. The molecular weight excluding hydrogens is 298 g/mol. The SMILES string of the molecule is Oc1ccc2ccncc2c1N=CC1=NC2CC3CC(C2)CC1C3. The molecule has 1 aromatic heterocycles. The van der Waals surface area contributed by atoms with Gasteiger partial charge in [0.25, 0.3) is 0 Å². The number of nitrogens with zero attached hydrogens (tertiary/aromatic N) is 3. The van der Waals surface area contributed by atoms with E-state index >= 15 is 0 Å². The van der Waals surface area contributed by atoms with E-state index in [-0.39, 0.29) is 5.75 Å². The Morgan fingerprint density at radius 1 is 1.04 bits per heavy atom. The molecule has 4 aliphatic rings. The van der Waals surface area contributed by atoms with Gasteiger partial charge in [-0.25, -0.2) is 0 Å². The van der Waals surface area contributed by atoms with Crippen molar-refractivity contribution in [2.24, 2.45) is 27.7 Å². The molecule has 2 unspecified atom stereocenters. The molecule has 0 amide bonds. The minimum absolute atomic E-state index is 0.201. The number of benzene rings is 1. The molecule has 0 saturated heterocycles. The van der Waals surface area contributed by atoms with Crippen LogP contribution in [0, 0.1) is 17.8 Å². The summed E-state index contributed by atoms with van der Waals surface area (Å²) in [5.74, 6) is 2.47. The highest BCUT2D eigenvalue weighted by Crippen LogP contribution is 2.46. The molecule has 0 radical (unpaired) electrons. The standard InChI is InChI=1S/C20H21N3O/c24-19-2-1-14-3-4-21-10-17(14)20(19)22-11-18-15-6-12-5-13(7-15)9-16(8-12)23-18/h1-4,10-13,15-16,24H,5-9H2. The van der Waals surface area contributed by atoms with Crippen molar-refractivity contribution >= 4 is 28.4 Å². The summed E-state index contributed by atoms with van der Waals surface area (Å²) in [5, 5.41) is 12.2. The molecule has 4 heteroatoms. The highest BCUT2D eigenvalue weighted by molar-refractivity contribution is 6.32. The Labute approximate surface area is 141 Å². The van der Waals surface area contributed by atoms with Crippen LogP contribution < -0.4 is 0 Å². The molecule has 3 heterocycles. The Morgan fingerprint density at radius 2 is 1.88 bits per heavy atom. The summed E-state index contributed by atoms with van der Waals surface area (Å²) in [6, 6.07) is 6.04. The second kappa shape index (κ2) is 5.40. The molecule has 1 aromatic carbocycles. The van der Waals surface area contributed by atoms with Crippen molar-refractivity contribution in [3.8, 4) is 5.75 Å². The van der Waals surface area contributed by atoms with Crippen molar-refractivity contribution in [2.45, 2.75) is 38.1 Å². The molecule has 122 valence electrons. The van der Waals surface area contributed by atoms with Crippen LogP contribution in [0.3, 0.4) is 0 Å². The average molecular weight is 319 g/mol. The van der Waals surface area contributed by atoms with E-state index in [1.54, 1.807) is 18.5 Å². The van der Waals surface area contributed by atoms with Crippen LogP contribution in [0.4, 0.5) is 5.69 Å². The molecule has 2 atom stereocenters. The van der Waals surface area contributed by atoms with Gasteiger partial charge in [-0.2, -0.15) is 0 Å². The van der Waals surface area contributed by atoms with Crippen molar-refractivity contribution in [3.05, 3.63) is 30.6 Å². The molecule has 2 fully saturated rings. The molecule has 4 nitrogen and oxygen atoms in total. The number of hydrogen-bond acceptors (Lipinski definition) is 4. The van der Waals surface area contributed by atoms with E-state index in [9.17, 15) is 5.11 Å². The quantitative estimate of drug-likeness (QED) is 0.839. The van der Waals surface area contributed by atoms with E-state index in [1.165, 1.54) is 32.1 Å². The fraction of sp³-hybridized carbons (Fsp3) is 0.450. The van der Waals surface area contributed by atoms with Gasteiger partial charge in [-0.15, -0.1) is 0 Å². The van der Waals surface area contributed by atoms with E-state index < -0.39 is 0 Å². The number of pyridine rings is 1. The number of aromatic hydroxyl groups is 1. The van der Waals surface area contributed by atoms with Gasteiger partial charge in [0, 0.05) is 29.9 Å². The normalized spacial score (nSPS) is 31.6. The number of phenols is 1. The van der Waals surface area contributed by atoms with Crippen LogP contribution in [0.2, 0.25) is 0 Å². The van der Waals surface area contributed by atoms with Crippen LogP contribution in [-0.4, -0.2) is 28.1 Å². The smallest absolute Gasteiger partial charge is 0.141 e. The summed E-state index contributed by atoms with van der Waals surface area (Å²) in [6.45, 7) is 0. The molecular formula is C20H21N3O. The predicted octanol–water partition coefficient (Wildman–Crippen LogP) is 4.29. The lowest BCUT2D eigenvalue weighted by Gasteiger charge is -2.37. The van der Waals surface area contributed by atoms with Gasteiger partial charge in [0.05, 0.1) is 11.8 Å². The van der Waals surface area contributed by atoms with Gasteiger partial charge in [0.2, 0.25) is 0 Å². The summed E-state index contributed by atoms with van der Waals surface area (Å²) in [5.41, 5.74) is 1.75. The Balaban J connectivity index is 1.53. The fourth-order valence-corrected chi connectivity index (χ4v) is 5.02. The molecule has 1 N–H and O–H groups in total. The van der Waals surface area contributed by atoms with Crippen LogP contribution in [0.1, 0.15) is 32.1 Å². The Hall–Kier alpha value is -2.23. The number of hydrogen-bond donors (Lipinski definition) is 1. The highest BCUT2D eigenvalue weighted by atomic mass is 16.3. The van der Waals surface area contributed by atoms with E-state index in [1.807, 2.05) is 18.3 Å². The first-order valence-electron chi connectivity index (χ1n) is 8.93. The van der Waals surface area contributed by atoms with E-state index in [0.717, 1.165) is 28.3 Å². The maximum Gasteiger partial charge on any atom is 0.141 e. The monoisotopic (exact) mass is 319 g/mol. The largest absolute Gasteiger partial charge is 0.506 e. The number of rotatable bonds is 2. The maximum atomic E-state index is 10.2. The van der Waals surface area contributed by atoms with Crippen molar-refractivity contribution in [1.82, 2.24) is 4.98 Å². The topological polar surface area (TPSA) is 57.8 Å². The third-order valence-electron chi connectivity index (χ3n) is 5.96. The number of fused-ring (bicyclic) bond motifs is 1. The van der Waals surface area contributed by atoms with E-state index in [4.69, 9.17) is 4.99 Å². The Morgan fingerprint density at radius 3 is 2.71 bits per heavy atom. The minimum Gasteiger partial charge on any atom is -0.506 e. The number of phenolic OH excluding ortho intramolecular Hbond substituents is 1. The van der Waals surface area contributed by atoms with Gasteiger partial charge in [-0.1, -0.05) is 6.07 Å². The average Bonchev–Trinajstić information content (AvgIpc) is 2.77. The Kier molecular flexibility index (Phi) is 3.18. The molecule has 24 heavy (non-hydrogen) atoms. The minimum atomic E-state index is 0.201. The molecule has 2 aliphatic carbocycles. The first kappa shape index (κ1) is 14.1. The van der Waals surface area contributed by atoms with Gasteiger partial charge >= 0.3 is 0 Å². The zero-order valence-electron chi connectivity index (χ0n) is 13.6. The summed E-state index contributed by atoms with van der Waals surface area (Å²) in [6.07, 6.45) is 11.9. The molecule has 2 saturated carbocycles. The van der Waals surface area contributed by atoms with Crippen LogP contribution in [0.25, 0.3) is 10.8 Å². The lowest BCUT2D eigenvalue weighted by Crippen LogP contribution is -2.31. The molecule has 6 rings (SSSR count). The van der Waals surface area contributed by atoms with Crippen LogP contribution >= 0.6 is 0 Å². The Bertz CT molecular complexity index is 843. The summed E-state index contributed by atoms with van der Waals surface area (Å²) < 4.78 is 0. The number of aromatic nitrogens is 1. The van der Waals surface area contributed by atoms with Crippen molar-refractivity contribution < 1.29 is 5.11 Å². The first-order chi connectivity index (χ1) is 11.8. The second-order valence-corrected chi connectivity index (χ2v) is 7.60. The van der Waals surface area contributed by atoms with Crippen molar-refractivity contribution in [1.29, 1.82) is 0 Å². The molecule has 4 bridgehead atoms. The van der Waals surface area contributed by atoms with Gasteiger partial charge < -0.3 is 5.11 Å². The number of aliphatic imine (C=N–C) groups is 2. The lowest BCUT2D eigenvalue weighted by atomic mass is 9.67. The van der Waals surface area contributed by atoms with Gasteiger partial charge in [0.15, 0.2) is 0 Å². The van der Waals surface area contributed by atoms with Gasteiger partial charge in [-0.3, -0.25) is 15.0 Å².